The van der Waals surface area contributed by atoms with E-state index in [0.717, 1.165) is 12.0 Å². The zero-order valence-corrected chi connectivity index (χ0v) is 10.9. The molecule has 0 radical (unpaired) electrons. The molecule has 1 aromatic rings. The van der Waals surface area contributed by atoms with Crippen LogP contribution in [0.4, 0.5) is 4.39 Å². The van der Waals surface area contributed by atoms with Crippen molar-refractivity contribution in [3.8, 4) is 5.75 Å². The molecule has 2 rings (SSSR count). The van der Waals surface area contributed by atoms with Gasteiger partial charge >= 0.3 is 0 Å². The Hall–Kier alpha value is -1.14. The summed E-state index contributed by atoms with van der Waals surface area (Å²) in [6, 6.07) is 4.18. The lowest BCUT2D eigenvalue weighted by atomic mass is 9.90. The van der Waals surface area contributed by atoms with E-state index in [9.17, 15) is 12.8 Å². The average Bonchev–Trinajstić information content (AvgIpc) is 2.25. The Labute approximate surface area is 106 Å². The number of ether oxygens (including phenoxy) is 1. The van der Waals surface area contributed by atoms with Crippen molar-refractivity contribution in [3.63, 3.8) is 0 Å². The summed E-state index contributed by atoms with van der Waals surface area (Å²) in [6.45, 7) is 1.95. The lowest BCUT2D eigenvalue weighted by molar-refractivity contribution is 0.157. The van der Waals surface area contributed by atoms with Crippen molar-refractivity contribution in [2.45, 2.75) is 31.8 Å². The molecule has 2 N–H and O–H groups in total. The minimum atomic E-state index is -3.56. The lowest BCUT2D eigenvalue weighted by Gasteiger charge is -2.31. The fourth-order valence-corrected chi connectivity index (χ4v) is 3.18. The van der Waals surface area contributed by atoms with Gasteiger partial charge in [0.25, 0.3) is 0 Å². The van der Waals surface area contributed by atoms with Gasteiger partial charge in [-0.15, -0.1) is 0 Å². The fraction of sp³-hybridized carbons (Fsp3) is 0.500. The Morgan fingerprint density at radius 3 is 2.83 bits per heavy atom. The number of benzene rings is 1. The van der Waals surface area contributed by atoms with Crippen LogP contribution >= 0.6 is 0 Å². The Kier molecular flexibility index (Phi) is 3.59. The van der Waals surface area contributed by atoms with Gasteiger partial charge in [0.2, 0.25) is 10.0 Å². The largest absolute Gasteiger partial charge is 0.490 e. The third kappa shape index (κ3) is 3.00. The molecule has 0 amide bonds. The molecule has 4 nitrogen and oxygen atoms in total. The van der Waals surface area contributed by atoms with Crippen molar-refractivity contribution in [1.29, 1.82) is 0 Å². The molecule has 0 bridgehead atoms. The van der Waals surface area contributed by atoms with Gasteiger partial charge in [0.1, 0.15) is 11.6 Å². The van der Waals surface area contributed by atoms with Gasteiger partial charge in [0, 0.05) is 12.0 Å². The van der Waals surface area contributed by atoms with E-state index in [0.29, 0.717) is 12.2 Å². The van der Waals surface area contributed by atoms with E-state index in [4.69, 9.17) is 9.88 Å². The maximum atomic E-state index is 13.2. The Morgan fingerprint density at radius 2 is 2.22 bits per heavy atom. The molecule has 2 atom stereocenters. The van der Waals surface area contributed by atoms with Gasteiger partial charge in [-0.1, -0.05) is 13.0 Å². The summed E-state index contributed by atoms with van der Waals surface area (Å²) in [5.74, 6) is -0.318. The molecule has 0 aromatic heterocycles. The lowest BCUT2D eigenvalue weighted by Crippen LogP contribution is -2.30. The molecular formula is C12H16FNO3S. The standard InChI is InChI=1S/C12H16FNO3S/c1-2-10-5-8(7-18(14,15)16)11-4-3-9(13)6-12(11)17-10/h3-4,6,8,10H,2,5,7H2,1H3,(H2,14,15,16)/t8-,10+/m0/s1. The predicted octanol–water partition coefficient (Wildman–Crippen LogP) is 1.76. The van der Waals surface area contributed by atoms with E-state index >= 15 is 0 Å². The highest BCUT2D eigenvalue weighted by Crippen LogP contribution is 2.38. The third-order valence-electron chi connectivity index (χ3n) is 3.15. The van der Waals surface area contributed by atoms with E-state index in [-0.39, 0.29) is 23.6 Å². The molecule has 1 aliphatic rings. The van der Waals surface area contributed by atoms with Crippen molar-refractivity contribution >= 4 is 10.0 Å². The molecule has 100 valence electrons. The molecule has 0 fully saturated rings. The van der Waals surface area contributed by atoms with Crippen LogP contribution in [0.2, 0.25) is 0 Å². The van der Waals surface area contributed by atoms with Gasteiger partial charge in [-0.2, -0.15) is 0 Å². The first-order chi connectivity index (χ1) is 8.39. The first-order valence-corrected chi connectivity index (χ1v) is 7.57. The first kappa shape index (κ1) is 13.3. The maximum absolute atomic E-state index is 13.2. The Balaban J connectivity index is 2.37. The minimum absolute atomic E-state index is 0.0916. The quantitative estimate of drug-likeness (QED) is 0.912. The zero-order valence-electron chi connectivity index (χ0n) is 10.1. The second-order valence-electron chi connectivity index (χ2n) is 4.59. The number of halogens is 1. The van der Waals surface area contributed by atoms with E-state index < -0.39 is 10.0 Å². The summed E-state index contributed by atoms with van der Waals surface area (Å²) in [6.07, 6.45) is 1.24. The number of nitrogens with two attached hydrogens (primary N) is 1. The average molecular weight is 273 g/mol. The molecule has 1 heterocycles. The van der Waals surface area contributed by atoms with Crippen LogP contribution in [-0.4, -0.2) is 20.3 Å². The molecule has 18 heavy (non-hydrogen) atoms. The van der Waals surface area contributed by atoms with Crippen LogP contribution in [0.3, 0.4) is 0 Å². The van der Waals surface area contributed by atoms with Crippen molar-refractivity contribution in [1.82, 2.24) is 0 Å². The number of fused-ring (bicyclic) bond motifs is 1. The highest BCUT2D eigenvalue weighted by Gasteiger charge is 2.30. The predicted molar refractivity (Wildman–Crippen MR) is 66.4 cm³/mol. The van der Waals surface area contributed by atoms with Crippen molar-refractivity contribution in [2.75, 3.05) is 5.75 Å². The third-order valence-corrected chi connectivity index (χ3v) is 4.01. The highest BCUT2D eigenvalue weighted by molar-refractivity contribution is 7.89. The molecule has 6 heteroatoms. The summed E-state index contributed by atoms with van der Waals surface area (Å²) in [5, 5.41) is 5.10. The molecule has 0 aliphatic carbocycles. The number of hydrogen-bond donors (Lipinski definition) is 1. The normalized spacial score (nSPS) is 23.3. The summed E-state index contributed by atoms with van der Waals surface area (Å²) < 4.78 is 41.3. The second kappa shape index (κ2) is 4.85. The van der Waals surface area contributed by atoms with E-state index in [1.807, 2.05) is 6.92 Å². The van der Waals surface area contributed by atoms with E-state index in [2.05, 4.69) is 0 Å². The van der Waals surface area contributed by atoms with Crippen molar-refractivity contribution < 1.29 is 17.5 Å². The van der Waals surface area contributed by atoms with Gasteiger partial charge in [-0.3, -0.25) is 0 Å². The van der Waals surface area contributed by atoms with Crippen LogP contribution in [0, 0.1) is 5.82 Å². The second-order valence-corrected chi connectivity index (χ2v) is 6.25. The smallest absolute Gasteiger partial charge is 0.209 e. The molecule has 0 saturated carbocycles. The number of sulfonamides is 1. The van der Waals surface area contributed by atoms with Gasteiger partial charge in [0.15, 0.2) is 0 Å². The van der Waals surface area contributed by atoms with E-state index in [1.165, 1.54) is 12.1 Å². The molecule has 1 aromatic carbocycles. The summed E-state index contributed by atoms with van der Waals surface area (Å²) in [5.41, 5.74) is 0.718. The highest BCUT2D eigenvalue weighted by atomic mass is 32.2. The number of rotatable bonds is 3. The van der Waals surface area contributed by atoms with Crippen LogP contribution < -0.4 is 9.88 Å². The van der Waals surface area contributed by atoms with Gasteiger partial charge in [0.05, 0.1) is 11.9 Å². The molecule has 0 spiro atoms. The van der Waals surface area contributed by atoms with Gasteiger partial charge < -0.3 is 4.74 Å². The first-order valence-electron chi connectivity index (χ1n) is 5.85. The van der Waals surface area contributed by atoms with Crippen LogP contribution in [-0.2, 0) is 10.0 Å². The van der Waals surface area contributed by atoms with Crippen LogP contribution in [0.5, 0.6) is 5.75 Å². The van der Waals surface area contributed by atoms with Crippen LogP contribution in [0.15, 0.2) is 18.2 Å². The monoisotopic (exact) mass is 273 g/mol. The van der Waals surface area contributed by atoms with Crippen LogP contribution in [0.1, 0.15) is 31.2 Å². The summed E-state index contributed by atoms with van der Waals surface area (Å²) >= 11 is 0. The topological polar surface area (TPSA) is 69.4 Å². The molecule has 1 aliphatic heterocycles. The van der Waals surface area contributed by atoms with Gasteiger partial charge in [-0.25, -0.2) is 17.9 Å². The Bertz CT molecular complexity index is 544. The molecule has 0 unspecified atom stereocenters. The molecular weight excluding hydrogens is 257 g/mol. The van der Waals surface area contributed by atoms with Crippen molar-refractivity contribution in [2.24, 2.45) is 5.14 Å². The minimum Gasteiger partial charge on any atom is -0.490 e. The zero-order chi connectivity index (χ0) is 13.3. The summed E-state index contributed by atoms with van der Waals surface area (Å²) in [4.78, 5) is 0. The van der Waals surface area contributed by atoms with Crippen molar-refractivity contribution in [3.05, 3.63) is 29.6 Å². The Morgan fingerprint density at radius 1 is 1.50 bits per heavy atom. The van der Waals surface area contributed by atoms with Crippen LogP contribution in [0.25, 0.3) is 0 Å². The molecule has 0 saturated heterocycles. The number of hydrogen-bond acceptors (Lipinski definition) is 3. The van der Waals surface area contributed by atoms with E-state index in [1.54, 1.807) is 6.07 Å². The maximum Gasteiger partial charge on any atom is 0.209 e. The SMILES string of the molecule is CC[C@@H]1C[C@@H](CS(N)(=O)=O)c2ccc(F)cc2O1. The van der Waals surface area contributed by atoms with Gasteiger partial charge in [-0.05, 0) is 24.5 Å². The number of primary sulfonamides is 1. The summed E-state index contributed by atoms with van der Waals surface area (Å²) in [7, 11) is -3.56. The fourth-order valence-electron chi connectivity index (χ4n) is 2.31.